The molecular weight excluding hydrogens is 414 g/mol. The highest BCUT2D eigenvalue weighted by Crippen LogP contribution is 2.28. The van der Waals surface area contributed by atoms with E-state index in [4.69, 9.17) is 11.6 Å². The van der Waals surface area contributed by atoms with Gasteiger partial charge in [0, 0.05) is 23.9 Å². The fourth-order valence-corrected chi connectivity index (χ4v) is 4.07. The lowest BCUT2D eigenvalue weighted by Crippen LogP contribution is -2.25. The lowest BCUT2D eigenvalue weighted by molar-refractivity contribution is 0.646. The van der Waals surface area contributed by atoms with Gasteiger partial charge in [-0.2, -0.15) is 0 Å². The van der Waals surface area contributed by atoms with Crippen molar-refractivity contribution in [1.29, 1.82) is 0 Å². The second kappa shape index (κ2) is 9.26. The molecule has 0 radical (unpaired) electrons. The van der Waals surface area contributed by atoms with Crippen molar-refractivity contribution < 1.29 is 0 Å². The summed E-state index contributed by atoms with van der Waals surface area (Å²) in [5.41, 5.74) is 4.35. The van der Waals surface area contributed by atoms with Crippen LogP contribution in [0.5, 0.6) is 0 Å². The van der Waals surface area contributed by atoms with Crippen molar-refractivity contribution in [2.75, 3.05) is 0 Å². The molecule has 0 saturated carbocycles. The minimum atomic E-state index is -0.0779. The number of nitrogens with one attached hydrogen (secondary N) is 1. The molecule has 0 unspecified atom stereocenters. The number of unbranched alkanes of at least 4 members (excludes halogenated alkanes) is 1. The lowest BCUT2D eigenvalue weighted by Gasteiger charge is -2.09. The summed E-state index contributed by atoms with van der Waals surface area (Å²) in [5, 5.41) is 14.7. The number of H-pyrrole nitrogens is 1. The number of benzene rings is 1. The van der Waals surface area contributed by atoms with Crippen molar-refractivity contribution in [3.05, 3.63) is 69.5 Å². The van der Waals surface area contributed by atoms with Gasteiger partial charge in [-0.05, 0) is 41.8 Å². The number of rotatable bonds is 8. The molecule has 1 N–H and O–H groups in total. The van der Waals surface area contributed by atoms with Gasteiger partial charge in [0.25, 0.3) is 0 Å². The minimum Gasteiger partial charge on any atom is -0.290 e. The van der Waals surface area contributed by atoms with E-state index in [0.29, 0.717) is 24.1 Å². The molecule has 0 fully saturated rings. The number of imidazole rings is 1. The smallest absolute Gasteiger partial charge is 0.290 e. The molecule has 0 saturated heterocycles. The van der Waals surface area contributed by atoms with E-state index in [-0.39, 0.29) is 5.69 Å². The zero-order valence-electron chi connectivity index (χ0n) is 17.5. The van der Waals surface area contributed by atoms with E-state index in [2.05, 4.69) is 32.5 Å². The summed E-state index contributed by atoms with van der Waals surface area (Å²) in [4.78, 5) is 17.5. The molecule has 160 valence electrons. The Morgan fingerprint density at radius 1 is 1.06 bits per heavy atom. The minimum absolute atomic E-state index is 0.0779. The summed E-state index contributed by atoms with van der Waals surface area (Å²) in [6, 6.07) is 11.8. The number of aromatic amines is 1. The average Bonchev–Trinajstić information content (AvgIpc) is 3.41. The lowest BCUT2D eigenvalue weighted by atomic mass is 10.0. The first kappa shape index (κ1) is 21.0. The number of nitrogens with zero attached hydrogens (tertiary/aromatic N) is 6. The Morgan fingerprint density at radius 2 is 1.87 bits per heavy atom. The van der Waals surface area contributed by atoms with E-state index in [1.165, 1.54) is 0 Å². The van der Waals surface area contributed by atoms with Crippen molar-refractivity contribution in [3.8, 4) is 22.6 Å². The Bertz CT molecular complexity index is 1210. The van der Waals surface area contributed by atoms with Gasteiger partial charge in [-0.3, -0.25) is 14.1 Å². The molecule has 0 spiro atoms. The van der Waals surface area contributed by atoms with Crippen LogP contribution in [-0.4, -0.2) is 34.7 Å². The third kappa shape index (κ3) is 4.16. The van der Waals surface area contributed by atoms with Crippen LogP contribution in [0.3, 0.4) is 0 Å². The van der Waals surface area contributed by atoms with Gasteiger partial charge in [-0.15, -0.1) is 5.10 Å². The number of hydrogen-bond donors (Lipinski definition) is 1. The van der Waals surface area contributed by atoms with Crippen molar-refractivity contribution in [3.63, 3.8) is 0 Å². The van der Waals surface area contributed by atoms with E-state index in [9.17, 15) is 4.79 Å². The fourth-order valence-electron chi connectivity index (χ4n) is 3.68. The van der Waals surface area contributed by atoms with Crippen LogP contribution in [0.25, 0.3) is 22.6 Å². The standard InChI is InChI=1S/C22H24ClN7O/c1-3-5-10-19-20(23)29(4-2)22(31)30(19)14-15-11-12-18(24-13-15)16-8-6-7-9-17(16)21-25-27-28-26-21/h6-9,11-13H,3-5,10,14H2,1-2H3,(H,25,26,27,28). The number of tetrazole rings is 1. The molecular formula is C22H24ClN7O. The number of hydrogen-bond acceptors (Lipinski definition) is 5. The quantitative estimate of drug-likeness (QED) is 0.450. The Labute approximate surface area is 184 Å². The average molecular weight is 438 g/mol. The van der Waals surface area contributed by atoms with Crippen molar-refractivity contribution >= 4 is 11.6 Å². The van der Waals surface area contributed by atoms with E-state index in [0.717, 1.165) is 47.3 Å². The molecule has 4 aromatic rings. The van der Waals surface area contributed by atoms with E-state index < -0.39 is 0 Å². The normalized spacial score (nSPS) is 11.2. The highest BCUT2D eigenvalue weighted by Gasteiger charge is 2.18. The van der Waals surface area contributed by atoms with Gasteiger partial charge < -0.3 is 0 Å². The Kier molecular flexibility index (Phi) is 6.27. The topological polar surface area (TPSA) is 94.3 Å². The summed E-state index contributed by atoms with van der Waals surface area (Å²) < 4.78 is 3.39. The first-order chi connectivity index (χ1) is 15.1. The summed E-state index contributed by atoms with van der Waals surface area (Å²) in [7, 11) is 0. The molecule has 0 atom stereocenters. The maximum Gasteiger partial charge on any atom is 0.329 e. The third-order valence-electron chi connectivity index (χ3n) is 5.32. The van der Waals surface area contributed by atoms with Gasteiger partial charge >= 0.3 is 5.69 Å². The molecule has 0 amide bonds. The highest BCUT2D eigenvalue weighted by atomic mass is 35.5. The van der Waals surface area contributed by atoms with E-state index >= 15 is 0 Å². The molecule has 0 aliphatic heterocycles. The SMILES string of the molecule is CCCCc1c(Cl)n(CC)c(=O)n1Cc1ccc(-c2ccccc2-c2nnn[nH]2)nc1. The molecule has 9 heteroatoms. The second-order valence-electron chi connectivity index (χ2n) is 7.30. The van der Waals surface area contributed by atoms with Crippen molar-refractivity contribution in [1.82, 2.24) is 34.7 Å². The third-order valence-corrected chi connectivity index (χ3v) is 5.74. The predicted molar refractivity (Wildman–Crippen MR) is 120 cm³/mol. The number of pyridine rings is 1. The van der Waals surface area contributed by atoms with Gasteiger partial charge in [0.15, 0.2) is 5.82 Å². The van der Waals surface area contributed by atoms with Gasteiger partial charge in [-0.1, -0.05) is 55.3 Å². The molecule has 1 aromatic carbocycles. The Balaban J connectivity index is 1.65. The van der Waals surface area contributed by atoms with Crippen LogP contribution in [0.1, 0.15) is 37.9 Å². The Morgan fingerprint density at radius 3 is 2.52 bits per heavy atom. The first-order valence-electron chi connectivity index (χ1n) is 10.4. The Hall–Kier alpha value is -3.26. The fraction of sp³-hybridized carbons (Fsp3) is 0.318. The van der Waals surface area contributed by atoms with E-state index in [1.54, 1.807) is 15.3 Å². The molecule has 3 aromatic heterocycles. The monoisotopic (exact) mass is 437 g/mol. The van der Waals surface area contributed by atoms with Crippen LogP contribution >= 0.6 is 11.6 Å². The maximum atomic E-state index is 12.9. The highest BCUT2D eigenvalue weighted by molar-refractivity contribution is 6.30. The summed E-state index contributed by atoms with van der Waals surface area (Å²) in [6.45, 7) is 5.04. The van der Waals surface area contributed by atoms with Gasteiger partial charge in [-0.25, -0.2) is 9.89 Å². The first-order valence-corrected chi connectivity index (χ1v) is 10.8. The van der Waals surface area contributed by atoms with Crippen LogP contribution in [0.15, 0.2) is 47.4 Å². The maximum absolute atomic E-state index is 12.9. The predicted octanol–water partition coefficient (Wildman–Crippen LogP) is 3.96. The molecule has 4 rings (SSSR count). The summed E-state index contributed by atoms with van der Waals surface area (Å²) in [5.74, 6) is 0.587. The van der Waals surface area contributed by atoms with Gasteiger partial charge in [0.1, 0.15) is 5.15 Å². The van der Waals surface area contributed by atoms with Crippen molar-refractivity contribution in [2.24, 2.45) is 0 Å². The van der Waals surface area contributed by atoms with Crippen LogP contribution in [0.2, 0.25) is 5.15 Å². The zero-order chi connectivity index (χ0) is 21.8. The number of aromatic nitrogens is 7. The van der Waals surface area contributed by atoms with Crippen LogP contribution in [0, 0.1) is 0 Å². The largest absolute Gasteiger partial charge is 0.329 e. The molecule has 8 nitrogen and oxygen atoms in total. The van der Waals surface area contributed by atoms with Crippen LogP contribution in [-0.2, 0) is 19.5 Å². The van der Waals surface area contributed by atoms with Crippen LogP contribution < -0.4 is 5.69 Å². The molecule has 31 heavy (non-hydrogen) atoms. The summed E-state index contributed by atoms with van der Waals surface area (Å²) in [6.07, 6.45) is 4.61. The van der Waals surface area contributed by atoms with Gasteiger partial charge in [0.2, 0.25) is 0 Å². The molecule has 3 heterocycles. The number of halogens is 1. The molecule has 0 aliphatic rings. The molecule has 0 bridgehead atoms. The van der Waals surface area contributed by atoms with Gasteiger partial charge in [0.05, 0.1) is 17.9 Å². The van der Waals surface area contributed by atoms with Crippen LogP contribution in [0.4, 0.5) is 0 Å². The molecule has 0 aliphatic carbocycles. The summed E-state index contributed by atoms with van der Waals surface area (Å²) >= 11 is 6.52. The van der Waals surface area contributed by atoms with E-state index in [1.807, 2.05) is 43.3 Å². The second-order valence-corrected chi connectivity index (χ2v) is 7.66. The zero-order valence-corrected chi connectivity index (χ0v) is 18.3. The van der Waals surface area contributed by atoms with Crippen molar-refractivity contribution in [2.45, 2.75) is 46.2 Å².